The summed E-state index contributed by atoms with van der Waals surface area (Å²) in [5, 5.41) is 3.43. The number of carbonyl (C=O) groups is 1. The van der Waals surface area contributed by atoms with E-state index in [2.05, 4.69) is 10.3 Å². The fourth-order valence-electron chi connectivity index (χ4n) is 3.14. The summed E-state index contributed by atoms with van der Waals surface area (Å²) in [5.41, 5.74) is 2.03. The summed E-state index contributed by atoms with van der Waals surface area (Å²) in [6.45, 7) is 4.99. The van der Waals surface area contributed by atoms with Crippen molar-refractivity contribution < 1.29 is 17.9 Å². The van der Waals surface area contributed by atoms with E-state index < -0.39 is 10.0 Å². The lowest BCUT2D eigenvalue weighted by molar-refractivity contribution is 0.0730. The van der Waals surface area contributed by atoms with Gasteiger partial charge in [-0.2, -0.15) is 4.31 Å². The van der Waals surface area contributed by atoms with Gasteiger partial charge >= 0.3 is 0 Å². The number of aromatic amines is 1. The second-order valence-electron chi connectivity index (χ2n) is 6.40. The maximum Gasteiger partial charge on any atom is 0.268 e. The molecular formula is C18H22ClN3O4S. The van der Waals surface area contributed by atoms with Gasteiger partial charge in [0.2, 0.25) is 10.0 Å². The van der Waals surface area contributed by atoms with Crippen LogP contribution in [-0.4, -0.2) is 49.9 Å². The Labute approximate surface area is 163 Å². The topological polar surface area (TPSA) is 91.5 Å². The van der Waals surface area contributed by atoms with Gasteiger partial charge < -0.3 is 15.0 Å². The number of nitrogens with zero attached hydrogens (tertiary/aromatic N) is 1. The average Bonchev–Trinajstić information content (AvgIpc) is 2.96. The standard InChI is InChI=1S/C18H22ClN3O4S/c1-12-16(18(23)20-11-14-3-5-15(19)6-4-14)21-13(2)17(12)27(24,25)22-7-9-26-10-8-22/h3-6,21H,7-11H2,1-2H3,(H,20,23). The molecule has 0 spiro atoms. The minimum atomic E-state index is -3.68. The van der Waals surface area contributed by atoms with Crippen LogP contribution in [0.5, 0.6) is 0 Å². The predicted octanol–water partition coefficient (Wildman–Crippen LogP) is 2.24. The molecule has 2 heterocycles. The van der Waals surface area contributed by atoms with E-state index >= 15 is 0 Å². The zero-order valence-electron chi connectivity index (χ0n) is 15.2. The molecule has 0 saturated carbocycles. The van der Waals surface area contributed by atoms with Crippen LogP contribution in [0, 0.1) is 13.8 Å². The molecule has 0 bridgehead atoms. The van der Waals surface area contributed by atoms with Gasteiger partial charge in [-0.25, -0.2) is 8.42 Å². The smallest absolute Gasteiger partial charge is 0.268 e. The molecule has 146 valence electrons. The Morgan fingerprint density at radius 2 is 1.85 bits per heavy atom. The monoisotopic (exact) mass is 411 g/mol. The normalized spacial score (nSPS) is 15.7. The summed E-state index contributed by atoms with van der Waals surface area (Å²) in [4.78, 5) is 15.7. The number of halogens is 1. The van der Waals surface area contributed by atoms with Gasteiger partial charge in [-0.05, 0) is 37.1 Å². The summed E-state index contributed by atoms with van der Waals surface area (Å²) in [5.74, 6) is -0.353. The third kappa shape index (κ3) is 4.19. The van der Waals surface area contributed by atoms with E-state index in [-0.39, 0.29) is 16.5 Å². The highest BCUT2D eigenvalue weighted by Crippen LogP contribution is 2.27. The molecule has 0 aliphatic carbocycles. The Morgan fingerprint density at radius 1 is 1.22 bits per heavy atom. The molecule has 1 fully saturated rings. The molecular weight excluding hydrogens is 390 g/mol. The Morgan fingerprint density at radius 3 is 2.48 bits per heavy atom. The zero-order valence-corrected chi connectivity index (χ0v) is 16.8. The van der Waals surface area contributed by atoms with Crippen LogP contribution in [0.15, 0.2) is 29.2 Å². The van der Waals surface area contributed by atoms with Crippen molar-refractivity contribution in [2.24, 2.45) is 0 Å². The quantitative estimate of drug-likeness (QED) is 0.789. The second-order valence-corrected chi connectivity index (χ2v) is 8.72. The van der Waals surface area contributed by atoms with Gasteiger partial charge in [0.25, 0.3) is 5.91 Å². The number of morpholine rings is 1. The van der Waals surface area contributed by atoms with Crippen LogP contribution in [0.4, 0.5) is 0 Å². The van der Waals surface area contributed by atoms with E-state index in [0.717, 1.165) is 5.56 Å². The van der Waals surface area contributed by atoms with Crippen molar-refractivity contribution in [1.29, 1.82) is 0 Å². The number of nitrogens with one attached hydrogen (secondary N) is 2. The van der Waals surface area contributed by atoms with E-state index in [1.165, 1.54) is 4.31 Å². The highest BCUT2D eigenvalue weighted by molar-refractivity contribution is 7.89. The largest absolute Gasteiger partial charge is 0.379 e. The molecule has 2 N–H and O–H groups in total. The molecule has 0 atom stereocenters. The Hall–Kier alpha value is -1.87. The van der Waals surface area contributed by atoms with Crippen molar-refractivity contribution in [3.63, 3.8) is 0 Å². The molecule has 0 radical (unpaired) electrons. The number of amides is 1. The maximum absolute atomic E-state index is 13.0. The van der Waals surface area contributed by atoms with E-state index in [0.29, 0.717) is 49.1 Å². The first-order chi connectivity index (χ1) is 12.8. The molecule has 1 aliphatic rings. The number of benzene rings is 1. The van der Waals surface area contributed by atoms with E-state index in [9.17, 15) is 13.2 Å². The first-order valence-electron chi connectivity index (χ1n) is 8.60. The third-order valence-corrected chi connectivity index (χ3v) is 6.96. The molecule has 3 rings (SSSR count). The van der Waals surface area contributed by atoms with Gasteiger partial charge in [-0.3, -0.25) is 4.79 Å². The van der Waals surface area contributed by atoms with Crippen molar-refractivity contribution in [1.82, 2.24) is 14.6 Å². The van der Waals surface area contributed by atoms with Gasteiger partial charge in [-0.15, -0.1) is 0 Å². The number of aromatic nitrogens is 1. The number of rotatable bonds is 5. The molecule has 2 aromatic rings. The highest BCUT2D eigenvalue weighted by Gasteiger charge is 2.32. The number of H-pyrrole nitrogens is 1. The molecule has 1 aromatic carbocycles. The summed E-state index contributed by atoms with van der Waals surface area (Å²) >= 11 is 5.86. The van der Waals surface area contributed by atoms with Crippen LogP contribution in [0.1, 0.15) is 27.3 Å². The lowest BCUT2D eigenvalue weighted by Gasteiger charge is -2.26. The van der Waals surface area contributed by atoms with Crippen LogP contribution in [0.3, 0.4) is 0 Å². The van der Waals surface area contributed by atoms with Crippen molar-refractivity contribution in [2.45, 2.75) is 25.3 Å². The molecule has 1 saturated heterocycles. The summed E-state index contributed by atoms with van der Waals surface area (Å²) < 4.78 is 32.6. The van der Waals surface area contributed by atoms with Gasteiger partial charge in [-0.1, -0.05) is 23.7 Å². The lowest BCUT2D eigenvalue weighted by Crippen LogP contribution is -2.41. The SMILES string of the molecule is Cc1[nH]c(C(=O)NCc2ccc(Cl)cc2)c(C)c1S(=O)(=O)N1CCOCC1. The van der Waals surface area contributed by atoms with Crippen LogP contribution in [0.2, 0.25) is 5.02 Å². The van der Waals surface area contributed by atoms with Gasteiger partial charge in [0.05, 0.1) is 13.2 Å². The fraction of sp³-hybridized carbons (Fsp3) is 0.389. The summed E-state index contributed by atoms with van der Waals surface area (Å²) in [6, 6.07) is 7.15. The minimum absolute atomic E-state index is 0.168. The first kappa shape index (κ1) is 19.9. The van der Waals surface area contributed by atoms with Gasteiger partial charge in [0.1, 0.15) is 10.6 Å². The van der Waals surface area contributed by atoms with E-state index in [4.69, 9.17) is 16.3 Å². The second kappa shape index (κ2) is 8.02. The predicted molar refractivity (Wildman–Crippen MR) is 102 cm³/mol. The van der Waals surface area contributed by atoms with Gasteiger partial charge in [0.15, 0.2) is 0 Å². The number of ether oxygens (including phenoxy) is 1. The average molecular weight is 412 g/mol. The van der Waals surface area contributed by atoms with Crippen LogP contribution < -0.4 is 5.32 Å². The molecule has 1 aliphatic heterocycles. The number of hydrogen-bond acceptors (Lipinski definition) is 4. The van der Waals surface area contributed by atoms with Crippen molar-refractivity contribution >= 4 is 27.5 Å². The molecule has 0 unspecified atom stereocenters. The molecule has 1 amide bonds. The number of hydrogen-bond donors (Lipinski definition) is 2. The number of aryl methyl sites for hydroxylation is 1. The Bertz CT molecular complexity index is 932. The molecule has 1 aromatic heterocycles. The summed E-state index contributed by atoms with van der Waals surface area (Å²) in [6.07, 6.45) is 0. The third-order valence-electron chi connectivity index (χ3n) is 4.53. The maximum atomic E-state index is 13.0. The minimum Gasteiger partial charge on any atom is -0.379 e. The first-order valence-corrected chi connectivity index (χ1v) is 10.4. The lowest BCUT2D eigenvalue weighted by atomic mass is 10.2. The van der Waals surface area contributed by atoms with Crippen LogP contribution >= 0.6 is 11.6 Å². The van der Waals surface area contributed by atoms with Gasteiger partial charge in [0, 0.05) is 30.4 Å². The molecule has 7 nitrogen and oxygen atoms in total. The number of sulfonamides is 1. The van der Waals surface area contributed by atoms with E-state index in [1.54, 1.807) is 26.0 Å². The molecule has 9 heteroatoms. The zero-order chi connectivity index (χ0) is 19.6. The molecule has 27 heavy (non-hydrogen) atoms. The van der Waals surface area contributed by atoms with Crippen molar-refractivity contribution in [3.8, 4) is 0 Å². The van der Waals surface area contributed by atoms with Crippen molar-refractivity contribution in [2.75, 3.05) is 26.3 Å². The van der Waals surface area contributed by atoms with Crippen LogP contribution in [0.25, 0.3) is 0 Å². The van der Waals surface area contributed by atoms with Crippen LogP contribution in [-0.2, 0) is 21.3 Å². The fourth-order valence-corrected chi connectivity index (χ4v) is 5.08. The Balaban J connectivity index is 1.80. The Kier molecular flexibility index (Phi) is 5.90. The highest BCUT2D eigenvalue weighted by atomic mass is 35.5. The van der Waals surface area contributed by atoms with Crippen molar-refractivity contribution in [3.05, 3.63) is 51.8 Å². The van der Waals surface area contributed by atoms with E-state index in [1.807, 2.05) is 12.1 Å². The number of carbonyl (C=O) groups excluding carboxylic acids is 1. The summed E-state index contributed by atoms with van der Waals surface area (Å²) in [7, 11) is -3.68.